The molecule has 0 saturated heterocycles. The highest BCUT2D eigenvalue weighted by atomic mass is 32.2. The number of hydrogen-bond acceptors (Lipinski definition) is 8. The number of anilines is 2. The van der Waals surface area contributed by atoms with E-state index in [4.69, 9.17) is 24.7 Å². The summed E-state index contributed by atoms with van der Waals surface area (Å²) in [6.45, 7) is 0. The number of phenols is 1. The molecule has 3 aromatic rings. The average molecular weight is 455 g/mol. The number of methoxy groups -OCH3 is 4. The van der Waals surface area contributed by atoms with E-state index in [0.717, 1.165) is 16.0 Å². The lowest BCUT2D eigenvalue weighted by atomic mass is 10.1. The number of nitrogen functional groups attached to an aromatic ring is 1. The maximum atomic E-state index is 10.5. The van der Waals surface area contributed by atoms with E-state index in [2.05, 4.69) is 4.72 Å². The molecule has 0 aliphatic rings. The Balaban J connectivity index is 1.89. The van der Waals surface area contributed by atoms with Crippen molar-refractivity contribution in [3.63, 3.8) is 0 Å². The van der Waals surface area contributed by atoms with E-state index >= 15 is 0 Å². The van der Waals surface area contributed by atoms with Crippen molar-refractivity contribution in [2.75, 3.05) is 38.9 Å². The third kappa shape index (κ3) is 5.33. The van der Waals surface area contributed by atoms with Gasteiger partial charge < -0.3 is 34.5 Å². The molecule has 0 unspecified atom stereocenters. The molecular weight excluding hydrogens is 428 g/mol. The molecule has 3 rings (SSSR count). The summed E-state index contributed by atoms with van der Waals surface area (Å²) in [6.07, 6.45) is 3.81. The molecule has 0 bridgehead atoms. The van der Waals surface area contributed by atoms with Crippen LogP contribution < -0.4 is 29.4 Å². The van der Waals surface area contributed by atoms with Crippen LogP contribution in [0.5, 0.6) is 28.7 Å². The van der Waals surface area contributed by atoms with Crippen LogP contribution in [0.1, 0.15) is 11.1 Å². The molecule has 7 nitrogen and oxygen atoms in total. The molecule has 0 aliphatic carbocycles. The minimum absolute atomic E-state index is 0.0221. The first-order valence-corrected chi connectivity index (χ1v) is 10.5. The quantitative estimate of drug-likeness (QED) is 0.174. The van der Waals surface area contributed by atoms with Crippen LogP contribution in [0.15, 0.2) is 53.4 Å². The maximum Gasteiger partial charge on any atom is 0.203 e. The molecule has 0 saturated carbocycles. The van der Waals surface area contributed by atoms with Crippen molar-refractivity contribution >= 4 is 35.5 Å². The Hall–Kier alpha value is -3.65. The Bertz CT molecular complexity index is 1090. The second-order valence-corrected chi connectivity index (χ2v) is 7.57. The maximum absolute atomic E-state index is 10.5. The van der Waals surface area contributed by atoms with Crippen molar-refractivity contribution in [1.82, 2.24) is 0 Å². The van der Waals surface area contributed by atoms with E-state index in [1.807, 2.05) is 54.6 Å². The van der Waals surface area contributed by atoms with Crippen LogP contribution in [0.4, 0.5) is 11.4 Å². The van der Waals surface area contributed by atoms with Crippen LogP contribution in [0.3, 0.4) is 0 Å². The van der Waals surface area contributed by atoms with E-state index in [9.17, 15) is 5.11 Å². The molecule has 0 aliphatic heterocycles. The van der Waals surface area contributed by atoms with Crippen LogP contribution in [0, 0.1) is 0 Å². The number of rotatable bonds is 9. The van der Waals surface area contributed by atoms with Crippen molar-refractivity contribution in [2.24, 2.45) is 0 Å². The minimum atomic E-state index is 0.0221. The summed E-state index contributed by atoms with van der Waals surface area (Å²) in [4.78, 5) is 0.918. The lowest BCUT2D eigenvalue weighted by Gasteiger charge is -2.13. The average Bonchev–Trinajstić information content (AvgIpc) is 2.81. The van der Waals surface area contributed by atoms with E-state index in [-0.39, 0.29) is 5.75 Å². The predicted octanol–water partition coefficient (Wildman–Crippen LogP) is 5.30. The summed E-state index contributed by atoms with van der Waals surface area (Å²) in [6, 6.07) is 14.7. The molecule has 3 aromatic carbocycles. The molecule has 0 radical (unpaired) electrons. The van der Waals surface area contributed by atoms with E-state index < -0.39 is 0 Å². The molecule has 32 heavy (non-hydrogen) atoms. The van der Waals surface area contributed by atoms with Gasteiger partial charge in [-0.05, 0) is 65.5 Å². The molecule has 8 heteroatoms. The lowest BCUT2D eigenvalue weighted by Crippen LogP contribution is -1.95. The SMILES string of the molecule is COc1cc(/C=C\c2cc(OC)c(OC)c(OC)c2)cc(NSc2cccc(N)c2)c1O. The second kappa shape index (κ2) is 10.6. The first-order valence-electron chi connectivity index (χ1n) is 9.66. The van der Waals surface area contributed by atoms with Gasteiger partial charge in [-0.2, -0.15) is 0 Å². The number of ether oxygens (including phenoxy) is 4. The summed E-state index contributed by atoms with van der Waals surface area (Å²) in [5, 5.41) is 10.5. The molecule has 0 fully saturated rings. The van der Waals surface area contributed by atoms with Crippen molar-refractivity contribution in [2.45, 2.75) is 4.90 Å². The molecule has 0 amide bonds. The van der Waals surface area contributed by atoms with Crippen LogP contribution in [-0.2, 0) is 0 Å². The Morgan fingerprint density at radius 2 is 1.41 bits per heavy atom. The topological polar surface area (TPSA) is 95.2 Å². The van der Waals surface area contributed by atoms with Crippen LogP contribution in [-0.4, -0.2) is 33.5 Å². The molecule has 4 N–H and O–H groups in total. The van der Waals surface area contributed by atoms with Gasteiger partial charge in [0.2, 0.25) is 5.75 Å². The van der Waals surface area contributed by atoms with Gasteiger partial charge in [-0.25, -0.2) is 0 Å². The highest BCUT2D eigenvalue weighted by Gasteiger charge is 2.13. The zero-order valence-corrected chi connectivity index (χ0v) is 19.2. The predicted molar refractivity (Wildman–Crippen MR) is 130 cm³/mol. The summed E-state index contributed by atoms with van der Waals surface area (Å²) < 4.78 is 24.7. The fourth-order valence-corrected chi connectivity index (χ4v) is 3.77. The van der Waals surface area contributed by atoms with Gasteiger partial charge in [0.25, 0.3) is 0 Å². The Kier molecular flexibility index (Phi) is 7.62. The Morgan fingerprint density at radius 1 is 0.812 bits per heavy atom. The summed E-state index contributed by atoms with van der Waals surface area (Å²) in [5.41, 5.74) is 8.70. The molecular formula is C24H26N2O5S. The molecule has 0 aromatic heterocycles. The number of hydrogen-bond donors (Lipinski definition) is 3. The van der Waals surface area contributed by atoms with Gasteiger partial charge in [-0.15, -0.1) is 0 Å². The third-order valence-electron chi connectivity index (χ3n) is 4.61. The van der Waals surface area contributed by atoms with Gasteiger partial charge >= 0.3 is 0 Å². The number of nitrogens with two attached hydrogens (primary N) is 1. The fraction of sp³-hybridized carbons (Fsp3) is 0.167. The van der Waals surface area contributed by atoms with Gasteiger partial charge in [0, 0.05) is 10.6 Å². The molecule has 0 heterocycles. The fourth-order valence-electron chi connectivity index (χ4n) is 3.04. The zero-order chi connectivity index (χ0) is 23.1. The number of nitrogens with one attached hydrogen (secondary N) is 1. The second-order valence-electron chi connectivity index (χ2n) is 6.69. The highest BCUT2D eigenvalue weighted by Crippen LogP contribution is 2.40. The van der Waals surface area contributed by atoms with E-state index in [1.54, 1.807) is 27.4 Å². The third-order valence-corrected chi connectivity index (χ3v) is 5.42. The zero-order valence-electron chi connectivity index (χ0n) is 18.3. The van der Waals surface area contributed by atoms with Gasteiger partial charge in [0.1, 0.15) is 0 Å². The van der Waals surface area contributed by atoms with Gasteiger partial charge in [-0.3, -0.25) is 0 Å². The Morgan fingerprint density at radius 3 is 1.97 bits per heavy atom. The summed E-state index contributed by atoms with van der Waals surface area (Å²) >= 11 is 1.34. The molecule has 0 atom stereocenters. The Labute approximate surface area is 191 Å². The smallest absolute Gasteiger partial charge is 0.203 e. The number of phenolic OH excluding ortho intramolecular Hbond substituents is 1. The highest BCUT2D eigenvalue weighted by molar-refractivity contribution is 8.00. The van der Waals surface area contributed by atoms with Gasteiger partial charge in [0.15, 0.2) is 23.0 Å². The largest absolute Gasteiger partial charge is 0.503 e. The number of aromatic hydroxyl groups is 1. The summed E-state index contributed by atoms with van der Waals surface area (Å²) in [7, 11) is 6.22. The molecule has 168 valence electrons. The van der Waals surface area contributed by atoms with Crippen LogP contribution >= 0.6 is 11.9 Å². The van der Waals surface area contributed by atoms with Gasteiger partial charge in [-0.1, -0.05) is 18.2 Å². The lowest BCUT2D eigenvalue weighted by molar-refractivity contribution is 0.324. The number of benzene rings is 3. The minimum Gasteiger partial charge on any atom is -0.503 e. The van der Waals surface area contributed by atoms with Gasteiger partial charge in [0.05, 0.1) is 34.1 Å². The monoisotopic (exact) mass is 454 g/mol. The van der Waals surface area contributed by atoms with Crippen molar-refractivity contribution in [3.8, 4) is 28.7 Å². The van der Waals surface area contributed by atoms with E-state index in [0.29, 0.717) is 34.4 Å². The standard InChI is InChI=1S/C24H26N2O5S/c1-28-20-11-15(8-9-16-12-21(29-2)24(31-4)22(13-16)30-3)10-19(23(20)27)26-32-18-7-5-6-17(25)14-18/h5-14,26-27H,25H2,1-4H3/b9-8-. The van der Waals surface area contributed by atoms with Crippen molar-refractivity contribution < 1.29 is 24.1 Å². The first-order chi connectivity index (χ1) is 15.5. The summed E-state index contributed by atoms with van der Waals surface area (Å²) in [5.74, 6) is 2.04. The van der Waals surface area contributed by atoms with Crippen molar-refractivity contribution in [1.29, 1.82) is 0 Å². The van der Waals surface area contributed by atoms with Crippen LogP contribution in [0.25, 0.3) is 12.2 Å². The first kappa shape index (κ1) is 23.0. The van der Waals surface area contributed by atoms with Crippen molar-refractivity contribution in [3.05, 3.63) is 59.7 Å². The van der Waals surface area contributed by atoms with Crippen LogP contribution in [0.2, 0.25) is 0 Å². The van der Waals surface area contributed by atoms with E-state index in [1.165, 1.54) is 19.1 Å². The molecule has 0 spiro atoms. The normalized spacial score (nSPS) is 10.8.